The molecule has 0 atom stereocenters. The van der Waals surface area contributed by atoms with Crippen LogP contribution in [0.4, 0.5) is 0 Å². The molecule has 0 radical (unpaired) electrons. The number of ether oxygens (including phenoxy) is 3. The molecule has 0 amide bonds. The lowest BCUT2D eigenvalue weighted by Gasteiger charge is -2.09. The van der Waals surface area contributed by atoms with Crippen molar-refractivity contribution in [1.29, 1.82) is 0 Å². The SMILES string of the molecule is CCCCCCCCCCCCOCCOCCOc1ccc(CCCCCCCCC)cc1. The summed E-state index contributed by atoms with van der Waals surface area (Å²) >= 11 is 0. The van der Waals surface area contributed by atoms with Gasteiger partial charge in [-0.2, -0.15) is 0 Å². The Morgan fingerprint density at radius 3 is 1.44 bits per heavy atom. The monoisotopic (exact) mass is 476 g/mol. The molecular weight excluding hydrogens is 420 g/mol. The van der Waals surface area contributed by atoms with Crippen LogP contribution in [0.3, 0.4) is 0 Å². The zero-order valence-corrected chi connectivity index (χ0v) is 22.8. The van der Waals surface area contributed by atoms with Gasteiger partial charge in [0, 0.05) is 6.61 Å². The van der Waals surface area contributed by atoms with Gasteiger partial charge in [0.25, 0.3) is 0 Å². The Morgan fingerprint density at radius 2 is 0.882 bits per heavy atom. The lowest BCUT2D eigenvalue weighted by Crippen LogP contribution is -2.11. The second kappa shape index (κ2) is 25.0. The first-order valence-electron chi connectivity index (χ1n) is 14.7. The Hall–Kier alpha value is -1.06. The summed E-state index contributed by atoms with van der Waals surface area (Å²) in [6.07, 6.45) is 24.3. The topological polar surface area (TPSA) is 27.7 Å². The number of benzene rings is 1. The molecule has 0 fully saturated rings. The third kappa shape index (κ3) is 20.3. The van der Waals surface area contributed by atoms with Crippen LogP contribution in [-0.4, -0.2) is 33.0 Å². The van der Waals surface area contributed by atoms with Crippen molar-refractivity contribution in [2.24, 2.45) is 0 Å². The molecule has 0 heterocycles. The Balaban J connectivity index is 1.83. The number of rotatable bonds is 26. The Labute approximate surface area is 212 Å². The van der Waals surface area contributed by atoms with Gasteiger partial charge in [0.15, 0.2) is 0 Å². The van der Waals surface area contributed by atoms with E-state index in [1.54, 1.807) is 0 Å². The van der Waals surface area contributed by atoms with Crippen molar-refractivity contribution in [3.05, 3.63) is 29.8 Å². The maximum atomic E-state index is 5.79. The summed E-state index contributed by atoms with van der Waals surface area (Å²) in [6, 6.07) is 8.59. The van der Waals surface area contributed by atoms with Gasteiger partial charge in [-0.3, -0.25) is 0 Å². The van der Waals surface area contributed by atoms with Crippen LogP contribution in [0, 0.1) is 0 Å². The second-order valence-corrected chi connectivity index (χ2v) is 9.77. The van der Waals surface area contributed by atoms with Crippen LogP contribution in [0.5, 0.6) is 5.75 Å². The maximum absolute atomic E-state index is 5.79. The average molecular weight is 477 g/mol. The molecule has 198 valence electrons. The first-order chi connectivity index (χ1) is 16.9. The van der Waals surface area contributed by atoms with Gasteiger partial charge in [0.2, 0.25) is 0 Å². The molecular formula is C31H56O3. The molecule has 0 aromatic heterocycles. The second-order valence-electron chi connectivity index (χ2n) is 9.77. The van der Waals surface area contributed by atoms with Crippen LogP contribution in [0.2, 0.25) is 0 Å². The van der Waals surface area contributed by atoms with Gasteiger partial charge in [0.05, 0.1) is 19.8 Å². The molecule has 0 N–H and O–H groups in total. The minimum atomic E-state index is 0.593. The normalized spacial score (nSPS) is 11.2. The molecule has 0 aliphatic rings. The van der Waals surface area contributed by atoms with Crippen molar-refractivity contribution in [3.63, 3.8) is 0 Å². The molecule has 0 aliphatic carbocycles. The van der Waals surface area contributed by atoms with Crippen LogP contribution in [0.25, 0.3) is 0 Å². The van der Waals surface area contributed by atoms with Gasteiger partial charge in [-0.05, 0) is 37.0 Å². The number of unbranched alkanes of at least 4 members (excludes halogenated alkanes) is 15. The summed E-state index contributed by atoms with van der Waals surface area (Å²) in [6.45, 7) is 7.96. The number of hydrogen-bond acceptors (Lipinski definition) is 3. The van der Waals surface area contributed by atoms with E-state index in [9.17, 15) is 0 Å². The van der Waals surface area contributed by atoms with Crippen LogP contribution in [0.1, 0.15) is 129 Å². The molecule has 0 saturated heterocycles. The van der Waals surface area contributed by atoms with Gasteiger partial charge in [0.1, 0.15) is 12.4 Å². The highest BCUT2D eigenvalue weighted by atomic mass is 16.5. The highest BCUT2D eigenvalue weighted by molar-refractivity contribution is 5.27. The molecule has 1 rings (SSSR count). The molecule has 0 bridgehead atoms. The van der Waals surface area contributed by atoms with E-state index in [0.717, 1.165) is 12.4 Å². The zero-order chi connectivity index (χ0) is 24.4. The summed E-state index contributed by atoms with van der Waals surface area (Å²) < 4.78 is 17.1. The minimum Gasteiger partial charge on any atom is -0.491 e. The number of aryl methyl sites for hydroxylation is 1. The van der Waals surface area contributed by atoms with Gasteiger partial charge in [-0.15, -0.1) is 0 Å². The van der Waals surface area contributed by atoms with Crippen molar-refractivity contribution in [3.8, 4) is 5.75 Å². The molecule has 3 nitrogen and oxygen atoms in total. The van der Waals surface area contributed by atoms with Gasteiger partial charge in [-0.25, -0.2) is 0 Å². The van der Waals surface area contributed by atoms with Crippen LogP contribution < -0.4 is 4.74 Å². The lowest BCUT2D eigenvalue weighted by molar-refractivity contribution is 0.0352. The molecule has 0 spiro atoms. The Bertz CT molecular complexity index is 514. The van der Waals surface area contributed by atoms with E-state index in [1.165, 1.54) is 121 Å². The van der Waals surface area contributed by atoms with Crippen LogP contribution in [0.15, 0.2) is 24.3 Å². The summed E-state index contributed by atoms with van der Waals surface area (Å²) in [5, 5.41) is 0. The largest absolute Gasteiger partial charge is 0.491 e. The Kier molecular flexibility index (Phi) is 22.8. The highest BCUT2D eigenvalue weighted by Crippen LogP contribution is 2.15. The quantitative estimate of drug-likeness (QED) is 0.125. The molecule has 34 heavy (non-hydrogen) atoms. The fourth-order valence-corrected chi connectivity index (χ4v) is 4.27. The van der Waals surface area contributed by atoms with E-state index >= 15 is 0 Å². The predicted molar refractivity (Wildman–Crippen MR) is 147 cm³/mol. The first kappa shape index (κ1) is 31.0. The minimum absolute atomic E-state index is 0.593. The molecule has 0 aliphatic heterocycles. The van der Waals surface area contributed by atoms with Crippen LogP contribution in [-0.2, 0) is 15.9 Å². The lowest BCUT2D eigenvalue weighted by atomic mass is 10.0. The van der Waals surface area contributed by atoms with Crippen molar-refractivity contribution in [2.45, 2.75) is 129 Å². The van der Waals surface area contributed by atoms with Crippen molar-refractivity contribution >= 4 is 0 Å². The van der Waals surface area contributed by atoms with E-state index < -0.39 is 0 Å². The van der Waals surface area contributed by atoms with E-state index in [-0.39, 0.29) is 0 Å². The van der Waals surface area contributed by atoms with Crippen molar-refractivity contribution in [1.82, 2.24) is 0 Å². The van der Waals surface area contributed by atoms with E-state index in [2.05, 4.69) is 38.1 Å². The molecule has 1 aromatic carbocycles. The maximum Gasteiger partial charge on any atom is 0.119 e. The van der Waals surface area contributed by atoms with Crippen molar-refractivity contribution in [2.75, 3.05) is 33.0 Å². The summed E-state index contributed by atoms with van der Waals surface area (Å²) in [7, 11) is 0. The number of hydrogen-bond donors (Lipinski definition) is 0. The average Bonchev–Trinajstić information content (AvgIpc) is 2.86. The molecule has 3 heteroatoms. The predicted octanol–water partition coefficient (Wildman–Crippen LogP) is 9.31. The van der Waals surface area contributed by atoms with Gasteiger partial charge < -0.3 is 14.2 Å². The van der Waals surface area contributed by atoms with Gasteiger partial charge in [-0.1, -0.05) is 122 Å². The third-order valence-corrected chi connectivity index (χ3v) is 6.50. The summed E-state index contributed by atoms with van der Waals surface area (Å²) in [5.41, 5.74) is 1.41. The fraction of sp³-hybridized carbons (Fsp3) is 0.806. The van der Waals surface area contributed by atoms with E-state index in [1.807, 2.05) is 0 Å². The zero-order valence-electron chi connectivity index (χ0n) is 22.8. The smallest absolute Gasteiger partial charge is 0.119 e. The Morgan fingerprint density at radius 1 is 0.441 bits per heavy atom. The summed E-state index contributed by atoms with van der Waals surface area (Å²) in [4.78, 5) is 0. The standard InChI is InChI=1S/C31H56O3/c1-3-5-7-9-11-12-13-15-17-19-25-32-26-27-33-28-29-34-31-23-21-30(22-24-31)20-18-16-14-10-8-6-4-2/h21-24H,3-20,25-29H2,1-2H3. The first-order valence-corrected chi connectivity index (χ1v) is 14.7. The van der Waals surface area contributed by atoms with E-state index in [0.29, 0.717) is 26.4 Å². The third-order valence-electron chi connectivity index (χ3n) is 6.50. The van der Waals surface area contributed by atoms with Crippen molar-refractivity contribution < 1.29 is 14.2 Å². The summed E-state index contributed by atoms with van der Waals surface area (Å²) in [5.74, 6) is 0.934. The fourth-order valence-electron chi connectivity index (χ4n) is 4.27. The molecule has 0 unspecified atom stereocenters. The van der Waals surface area contributed by atoms with E-state index in [4.69, 9.17) is 14.2 Å². The van der Waals surface area contributed by atoms with Crippen LogP contribution >= 0.6 is 0 Å². The molecule has 1 aromatic rings. The molecule has 0 saturated carbocycles. The highest BCUT2D eigenvalue weighted by Gasteiger charge is 1.98. The van der Waals surface area contributed by atoms with Gasteiger partial charge >= 0.3 is 0 Å².